The molecule has 1 saturated carbocycles. The molecular weight excluding hydrogens is 294 g/mol. The van der Waals surface area contributed by atoms with E-state index >= 15 is 0 Å². The van der Waals surface area contributed by atoms with Crippen LogP contribution in [0.25, 0.3) is 0 Å². The van der Waals surface area contributed by atoms with Gasteiger partial charge >= 0.3 is 0 Å². The lowest BCUT2D eigenvalue weighted by Gasteiger charge is -2.14. The van der Waals surface area contributed by atoms with Crippen LogP contribution in [0.4, 0.5) is 5.69 Å². The minimum Gasteiger partial charge on any atom is -0.326 e. The molecule has 1 heterocycles. The van der Waals surface area contributed by atoms with Gasteiger partial charge in [0, 0.05) is 36.5 Å². The molecule has 1 aliphatic carbocycles. The van der Waals surface area contributed by atoms with Gasteiger partial charge in [-0.2, -0.15) is 0 Å². The Hall–Kier alpha value is -1.72. The zero-order valence-electron chi connectivity index (χ0n) is 12.9. The van der Waals surface area contributed by atoms with Crippen LogP contribution in [0.2, 0.25) is 0 Å². The number of nitrogens with zero attached hydrogens (tertiary/aromatic N) is 1. The molecule has 0 radical (unpaired) electrons. The van der Waals surface area contributed by atoms with Crippen LogP contribution < -0.4 is 10.6 Å². The molecule has 1 fully saturated rings. The molecule has 0 unspecified atom stereocenters. The molecule has 1 atom stereocenters. The molecule has 0 bridgehead atoms. The predicted molar refractivity (Wildman–Crippen MR) is 90.1 cm³/mol. The molecule has 3 rings (SSSR count). The van der Waals surface area contributed by atoms with Crippen LogP contribution in [0.1, 0.15) is 54.9 Å². The Balaban J connectivity index is 1.58. The smallest absolute Gasteiger partial charge is 0.221 e. The summed E-state index contributed by atoms with van der Waals surface area (Å²) in [6.07, 6.45) is 2.59. The van der Waals surface area contributed by atoms with Crippen molar-refractivity contribution in [2.24, 2.45) is 0 Å². The van der Waals surface area contributed by atoms with Gasteiger partial charge in [0.05, 0.1) is 5.69 Å². The van der Waals surface area contributed by atoms with Crippen LogP contribution in [-0.2, 0) is 11.3 Å². The Bertz CT molecular complexity index is 663. The monoisotopic (exact) mass is 315 g/mol. The average molecular weight is 315 g/mol. The Morgan fingerprint density at radius 3 is 3.00 bits per heavy atom. The average Bonchev–Trinajstić information content (AvgIpc) is 3.23. The number of anilines is 1. The molecule has 1 aliphatic rings. The molecule has 0 spiro atoms. The maximum absolute atomic E-state index is 11.1. The Kier molecular flexibility index (Phi) is 4.55. The Morgan fingerprint density at radius 2 is 2.27 bits per heavy atom. The van der Waals surface area contributed by atoms with Crippen LogP contribution in [0.3, 0.4) is 0 Å². The molecule has 2 N–H and O–H groups in total. The van der Waals surface area contributed by atoms with Crippen LogP contribution in [0.5, 0.6) is 0 Å². The number of amides is 1. The summed E-state index contributed by atoms with van der Waals surface area (Å²) in [5.74, 6) is 0.671. The van der Waals surface area contributed by atoms with Gasteiger partial charge in [0.1, 0.15) is 5.01 Å². The summed E-state index contributed by atoms with van der Waals surface area (Å²) in [6.45, 7) is 4.43. The van der Waals surface area contributed by atoms with Crippen molar-refractivity contribution in [2.75, 3.05) is 5.32 Å². The highest BCUT2D eigenvalue weighted by molar-refractivity contribution is 7.09. The predicted octanol–water partition coefficient (Wildman–Crippen LogP) is 3.83. The topological polar surface area (TPSA) is 54.0 Å². The molecule has 1 aromatic heterocycles. The minimum atomic E-state index is -0.0480. The van der Waals surface area contributed by atoms with Crippen molar-refractivity contribution in [2.45, 2.75) is 45.2 Å². The van der Waals surface area contributed by atoms with E-state index in [0.29, 0.717) is 0 Å². The molecule has 0 saturated heterocycles. The number of benzene rings is 1. The summed E-state index contributed by atoms with van der Waals surface area (Å²) < 4.78 is 0. The van der Waals surface area contributed by atoms with Crippen LogP contribution in [0, 0.1) is 0 Å². The third kappa shape index (κ3) is 3.93. The second-order valence-corrected chi connectivity index (χ2v) is 6.79. The SMILES string of the molecule is CC(=O)Nc1cccc([C@@H](C)NCc2nc(C3CC3)cs2)c1. The highest BCUT2D eigenvalue weighted by Crippen LogP contribution is 2.40. The summed E-state index contributed by atoms with van der Waals surface area (Å²) >= 11 is 1.74. The van der Waals surface area contributed by atoms with Crippen molar-refractivity contribution in [1.29, 1.82) is 0 Å². The van der Waals surface area contributed by atoms with E-state index < -0.39 is 0 Å². The molecule has 1 amide bonds. The summed E-state index contributed by atoms with van der Waals surface area (Å²) in [5, 5.41) is 9.66. The van der Waals surface area contributed by atoms with E-state index in [4.69, 9.17) is 4.98 Å². The van der Waals surface area contributed by atoms with Gasteiger partial charge in [0.15, 0.2) is 0 Å². The lowest BCUT2D eigenvalue weighted by Crippen LogP contribution is -2.18. The first-order valence-corrected chi connectivity index (χ1v) is 8.55. The Morgan fingerprint density at radius 1 is 1.45 bits per heavy atom. The standard InChI is InChI=1S/C17H21N3OS/c1-11(14-4-3-5-15(8-14)19-12(2)21)18-9-17-20-16(10-22-17)13-6-7-13/h3-5,8,10-11,13,18H,6-7,9H2,1-2H3,(H,19,21)/t11-/m1/s1. The van der Waals surface area contributed by atoms with E-state index in [9.17, 15) is 4.79 Å². The van der Waals surface area contributed by atoms with Gasteiger partial charge < -0.3 is 10.6 Å². The zero-order valence-corrected chi connectivity index (χ0v) is 13.7. The number of thiazole rings is 1. The lowest BCUT2D eigenvalue weighted by atomic mass is 10.1. The number of rotatable bonds is 6. The summed E-state index contributed by atoms with van der Waals surface area (Å²) in [4.78, 5) is 15.8. The van der Waals surface area contributed by atoms with Gasteiger partial charge in [-0.15, -0.1) is 11.3 Å². The largest absolute Gasteiger partial charge is 0.326 e. The van der Waals surface area contributed by atoms with E-state index in [2.05, 4.69) is 29.0 Å². The Labute approximate surface area is 135 Å². The first-order valence-electron chi connectivity index (χ1n) is 7.67. The van der Waals surface area contributed by atoms with E-state index in [1.807, 2.05) is 18.2 Å². The first kappa shape index (κ1) is 15.2. The number of nitrogens with one attached hydrogen (secondary N) is 2. The molecule has 22 heavy (non-hydrogen) atoms. The second kappa shape index (κ2) is 6.58. The van der Waals surface area contributed by atoms with Crippen molar-refractivity contribution >= 4 is 22.9 Å². The van der Waals surface area contributed by atoms with E-state index in [-0.39, 0.29) is 11.9 Å². The van der Waals surface area contributed by atoms with E-state index in [0.717, 1.165) is 28.7 Å². The van der Waals surface area contributed by atoms with Crippen LogP contribution in [0.15, 0.2) is 29.6 Å². The van der Waals surface area contributed by atoms with Crippen molar-refractivity contribution in [1.82, 2.24) is 10.3 Å². The number of carbonyl (C=O) groups is 1. The molecular formula is C17H21N3OS. The van der Waals surface area contributed by atoms with Gasteiger partial charge in [-0.3, -0.25) is 4.79 Å². The second-order valence-electron chi connectivity index (χ2n) is 5.85. The molecule has 4 nitrogen and oxygen atoms in total. The normalized spacial score (nSPS) is 15.5. The van der Waals surface area contributed by atoms with Crippen molar-refractivity contribution in [3.05, 3.63) is 45.9 Å². The van der Waals surface area contributed by atoms with Crippen molar-refractivity contribution in [3.8, 4) is 0 Å². The molecule has 1 aromatic carbocycles. The molecule has 5 heteroatoms. The maximum Gasteiger partial charge on any atom is 0.221 e. The van der Waals surface area contributed by atoms with E-state index in [1.165, 1.54) is 25.5 Å². The maximum atomic E-state index is 11.1. The third-order valence-electron chi connectivity index (χ3n) is 3.83. The van der Waals surface area contributed by atoms with Gasteiger partial charge in [-0.05, 0) is 37.5 Å². The summed E-state index contributed by atoms with van der Waals surface area (Å²) in [5.41, 5.74) is 3.26. The zero-order chi connectivity index (χ0) is 15.5. The fourth-order valence-corrected chi connectivity index (χ4v) is 3.25. The summed E-state index contributed by atoms with van der Waals surface area (Å²) in [7, 11) is 0. The number of aromatic nitrogens is 1. The quantitative estimate of drug-likeness (QED) is 0.852. The lowest BCUT2D eigenvalue weighted by molar-refractivity contribution is -0.114. The van der Waals surface area contributed by atoms with Crippen LogP contribution in [-0.4, -0.2) is 10.9 Å². The van der Waals surface area contributed by atoms with Crippen molar-refractivity contribution in [3.63, 3.8) is 0 Å². The van der Waals surface area contributed by atoms with Gasteiger partial charge in [-0.25, -0.2) is 4.98 Å². The molecule has 0 aliphatic heterocycles. The van der Waals surface area contributed by atoms with Gasteiger partial charge in [0.2, 0.25) is 5.91 Å². The number of hydrogen-bond acceptors (Lipinski definition) is 4. The van der Waals surface area contributed by atoms with Crippen molar-refractivity contribution < 1.29 is 4.79 Å². The number of hydrogen-bond donors (Lipinski definition) is 2. The minimum absolute atomic E-state index is 0.0480. The van der Waals surface area contributed by atoms with Gasteiger partial charge in [0.25, 0.3) is 0 Å². The fourth-order valence-electron chi connectivity index (χ4n) is 2.42. The summed E-state index contributed by atoms with van der Waals surface area (Å²) in [6, 6.07) is 8.16. The van der Waals surface area contributed by atoms with Crippen LogP contribution >= 0.6 is 11.3 Å². The fraction of sp³-hybridized carbons (Fsp3) is 0.412. The molecule has 2 aromatic rings. The highest BCUT2D eigenvalue weighted by Gasteiger charge is 2.25. The van der Waals surface area contributed by atoms with Gasteiger partial charge in [-0.1, -0.05) is 12.1 Å². The highest BCUT2D eigenvalue weighted by atomic mass is 32.1. The van der Waals surface area contributed by atoms with E-state index in [1.54, 1.807) is 11.3 Å². The number of carbonyl (C=O) groups excluding carboxylic acids is 1. The molecule has 116 valence electrons. The third-order valence-corrected chi connectivity index (χ3v) is 4.70. The first-order chi connectivity index (χ1) is 10.6.